The normalized spacial score (nSPS) is 46.7. The summed E-state index contributed by atoms with van der Waals surface area (Å²) in [6.45, 7) is 3.86. The molecule has 1 unspecified atom stereocenters. The molecule has 2 fully saturated rings. The molecule has 2 saturated carbocycles. The number of hydrogen-bond acceptors (Lipinski definition) is 2. The molecule has 2 rings (SSSR count). The number of rotatable bonds is 1. The Balaban J connectivity index is 2.43. The zero-order valence-corrected chi connectivity index (χ0v) is 8.62. The first kappa shape index (κ1) is 9.69. The van der Waals surface area contributed by atoms with Crippen LogP contribution in [0.2, 0.25) is 0 Å². The van der Waals surface area contributed by atoms with Crippen LogP contribution < -0.4 is 0 Å². The maximum Gasteiger partial charge on any atom is 0.310 e. The molecule has 1 N–H and O–H groups in total. The number of aliphatic carboxylic acids is 1. The summed E-state index contributed by atoms with van der Waals surface area (Å²) in [4.78, 5) is 22.9. The van der Waals surface area contributed by atoms with E-state index in [-0.39, 0.29) is 30.0 Å². The van der Waals surface area contributed by atoms with Gasteiger partial charge in [0.2, 0.25) is 0 Å². The SMILES string of the molecule is CC1C(=O)C[C@@]2(C(=O)O)[C@H](C)CC[C@@H]12. The fourth-order valence-corrected chi connectivity index (χ4v) is 3.43. The second-order valence-electron chi connectivity index (χ2n) is 4.86. The molecule has 3 heteroatoms. The summed E-state index contributed by atoms with van der Waals surface area (Å²) in [5.74, 6) is -0.424. The van der Waals surface area contributed by atoms with E-state index < -0.39 is 11.4 Å². The standard InChI is InChI=1S/C11H16O3/c1-6-3-4-8-7(2)9(12)5-11(6,8)10(13)14/h6-8H,3-5H2,1-2H3,(H,13,14)/t6-,7?,8+,11-/m1/s1. The lowest BCUT2D eigenvalue weighted by atomic mass is 9.73. The zero-order valence-electron chi connectivity index (χ0n) is 8.62. The average Bonchev–Trinajstić information content (AvgIpc) is 2.55. The van der Waals surface area contributed by atoms with Gasteiger partial charge in [-0.1, -0.05) is 13.8 Å². The molecule has 0 aliphatic heterocycles. The fourth-order valence-electron chi connectivity index (χ4n) is 3.43. The number of carbonyl (C=O) groups excluding carboxylic acids is 1. The molecule has 4 atom stereocenters. The summed E-state index contributed by atoms with van der Waals surface area (Å²) >= 11 is 0. The number of hydrogen-bond donors (Lipinski definition) is 1. The summed E-state index contributed by atoms with van der Waals surface area (Å²) in [6.07, 6.45) is 2.12. The lowest BCUT2D eigenvalue weighted by Crippen LogP contribution is -2.36. The number of ketones is 1. The number of carbonyl (C=O) groups is 2. The number of fused-ring (bicyclic) bond motifs is 1. The second kappa shape index (κ2) is 2.81. The number of Topliss-reactive ketones (excluding diaryl/α,β-unsaturated/α-hetero) is 1. The van der Waals surface area contributed by atoms with Gasteiger partial charge in [0.1, 0.15) is 5.78 Å². The van der Waals surface area contributed by atoms with Crippen LogP contribution in [-0.2, 0) is 9.59 Å². The minimum absolute atomic E-state index is 0.0453. The molecule has 0 radical (unpaired) electrons. The molecular formula is C11H16O3. The van der Waals surface area contributed by atoms with E-state index in [4.69, 9.17) is 0 Å². The molecule has 2 aliphatic carbocycles. The Kier molecular flexibility index (Phi) is 1.95. The molecule has 0 aromatic rings. The van der Waals surface area contributed by atoms with E-state index in [0.29, 0.717) is 0 Å². The van der Waals surface area contributed by atoms with Crippen molar-refractivity contribution in [1.82, 2.24) is 0 Å². The third kappa shape index (κ3) is 0.928. The van der Waals surface area contributed by atoms with Crippen LogP contribution in [0.1, 0.15) is 33.1 Å². The van der Waals surface area contributed by atoms with Crippen LogP contribution in [0, 0.1) is 23.2 Å². The topological polar surface area (TPSA) is 54.4 Å². The van der Waals surface area contributed by atoms with Gasteiger partial charge in [-0.2, -0.15) is 0 Å². The van der Waals surface area contributed by atoms with Gasteiger partial charge in [-0.15, -0.1) is 0 Å². The Hall–Kier alpha value is -0.860. The minimum Gasteiger partial charge on any atom is -0.481 e. The van der Waals surface area contributed by atoms with Crippen LogP contribution >= 0.6 is 0 Å². The Bertz CT molecular complexity index is 297. The Morgan fingerprint density at radius 2 is 2.07 bits per heavy atom. The largest absolute Gasteiger partial charge is 0.481 e. The molecule has 0 bridgehead atoms. The average molecular weight is 196 g/mol. The summed E-state index contributed by atoms with van der Waals surface area (Å²) in [6, 6.07) is 0. The van der Waals surface area contributed by atoms with Crippen molar-refractivity contribution in [2.75, 3.05) is 0 Å². The summed E-state index contributed by atoms with van der Waals surface area (Å²) in [5, 5.41) is 9.33. The third-order valence-corrected chi connectivity index (χ3v) is 4.43. The Labute approximate surface area is 83.5 Å². The third-order valence-electron chi connectivity index (χ3n) is 4.43. The highest BCUT2D eigenvalue weighted by atomic mass is 16.4. The first-order chi connectivity index (χ1) is 6.50. The van der Waals surface area contributed by atoms with Crippen molar-refractivity contribution in [3.8, 4) is 0 Å². The van der Waals surface area contributed by atoms with Crippen LogP contribution in [0.15, 0.2) is 0 Å². The minimum atomic E-state index is -0.759. The van der Waals surface area contributed by atoms with Gasteiger partial charge in [0.15, 0.2) is 0 Å². The molecule has 0 saturated heterocycles. The summed E-state index contributed by atoms with van der Waals surface area (Å²) < 4.78 is 0. The van der Waals surface area contributed by atoms with Gasteiger partial charge in [-0.3, -0.25) is 9.59 Å². The van der Waals surface area contributed by atoms with E-state index in [1.165, 1.54) is 0 Å². The molecule has 0 aromatic carbocycles. The first-order valence-corrected chi connectivity index (χ1v) is 5.26. The molecular weight excluding hydrogens is 180 g/mol. The monoisotopic (exact) mass is 196 g/mol. The van der Waals surface area contributed by atoms with Gasteiger partial charge in [0.05, 0.1) is 5.41 Å². The summed E-state index contributed by atoms with van der Waals surface area (Å²) in [7, 11) is 0. The molecule has 78 valence electrons. The number of carboxylic acid groups (broad SMARTS) is 1. The van der Waals surface area contributed by atoms with Crippen molar-refractivity contribution in [2.24, 2.45) is 23.2 Å². The molecule has 0 amide bonds. The highest BCUT2D eigenvalue weighted by Crippen LogP contribution is 2.58. The van der Waals surface area contributed by atoms with E-state index in [0.717, 1.165) is 12.8 Å². The van der Waals surface area contributed by atoms with Crippen molar-refractivity contribution >= 4 is 11.8 Å². The predicted molar refractivity (Wildman–Crippen MR) is 50.7 cm³/mol. The van der Waals surface area contributed by atoms with Crippen LogP contribution in [0.3, 0.4) is 0 Å². The number of carboxylic acids is 1. The van der Waals surface area contributed by atoms with Crippen molar-refractivity contribution in [3.63, 3.8) is 0 Å². The van der Waals surface area contributed by atoms with Crippen molar-refractivity contribution in [1.29, 1.82) is 0 Å². The maximum atomic E-state index is 11.6. The van der Waals surface area contributed by atoms with E-state index in [1.54, 1.807) is 0 Å². The van der Waals surface area contributed by atoms with Gasteiger partial charge in [-0.05, 0) is 24.7 Å². The molecule has 0 aromatic heterocycles. The quantitative estimate of drug-likeness (QED) is 0.694. The van der Waals surface area contributed by atoms with E-state index >= 15 is 0 Å². The zero-order chi connectivity index (χ0) is 10.5. The van der Waals surface area contributed by atoms with Gasteiger partial charge < -0.3 is 5.11 Å². The van der Waals surface area contributed by atoms with Gasteiger partial charge in [0, 0.05) is 12.3 Å². The van der Waals surface area contributed by atoms with Crippen molar-refractivity contribution in [2.45, 2.75) is 33.1 Å². The maximum absolute atomic E-state index is 11.6. The van der Waals surface area contributed by atoms with Crippen LogP contribution in [0.5, 0.6) is 0 Å². The van der Waals surface area contributed by atoms with Crippen LogP contribution in [0.4, 0.5) is 0 Å². The second-order valence-corrected chi connectivity index (χ2v) is 4.86. The van der Waals surface area contributed by atoms with E-state index in [1.807, 2.05) is 13.8 Å². The highest BCUT2D eigenvalue weighted by Gasteiger charge is 2.61. The van der Waals surface area contributed by atoms with Crippen LogP contribution in [-0.4, -0.2) is 16.9 Å². The van der Waals surface area contributed by atoms with Crippen molar-refractivity contribution < 1.29 is 14.7 Å². The molecule has 0 spiro atoms. The summed E-state index contributed by atoms with van der Waals surface area (Å²) in [5.41, 5.74) is -0.726. The van der Waals surface area contributed by atoms with Gasteiger partial charge in [0.25, 0.3) is 0 Å². The highest BCUT2D eigenvalue weighted by molar-refractivity contribution is 5.92. The van der Waals surface area contributed by atoms with Gasteiger partial charge >= 0.3 is 5.97 Å². The van der Waals surface area contributed by atoms with Gasteiger partial charge in [-0.25, -0.2) is 0 Å². The molecule has 2 aliphatic rings. The van der Waals surface area contributed by atoms with Crippen molar-refractivity contribution in [3.05, 3.63) is 0 Å². The van der Waals surface area contributed by atoms with E-state index in [9.17, 15) is 14.7 Å². The predicted octanol–water partition coefficient (Wildman–Crippen LogP) is 1.71. The van der Waals surface area contributed by atoms with E-state index in [2.05, 4.69) is 0 Å². The first-order valence-electron chi connectivity index (χ1n) is 5.26. The smallest absolute Gasteiger partial charge is 0.310 e. The Morgan fingerprint density at radius 3 is 2.57 bits per heavy atom. The molecule has 14 heavy (non-hydrogen) atoms. The molecule has 0 heterocycles. The lowest BCUT2D eigenvalue weighted by molar-refractivity contribution is -0.153. The fraction of sp³-hybridized carbons (Fsp3) is 0.818. The van der Waals surface area contributed by atoms with Crippen LogP contribution in [0.25, 0.3) is 0 Å². The molecule has 3 nitrogen and oxygen atoms in total. The Morgan fingerprint density at radius 1 is 1.43 bits per heavy atom. The lowest BCUT2D eigenvalue weighted by Gasteiger charge is -2.28.